The Morgan fingerprint density at radius 3 is 0.364 bits per heavy atom. The van der Waals surface area contributed by atoms with Crippen molar-refractivity contribution < 1.29 is 26.9 Å². The van der Waals surface area contributed by atoms with Crippen molar-refractivity contribution in [2.45, 2.75) is 89.9 Å². The monoisotopic (exact) mass is 635 g/mol. The highest BCUT2D eigenvalue weighted by atomic mass is 15.3. The molecule has 0 aliphatic heterocycles. The number of hydrogen-bond donors (Lipinski definition) is 0. The van der Waals surface area contributed by atoms with Gasteiger partial charge in [-0.15, -0.1) is 0 Å². The van der Waals surface area contributed by atoms with Gasteiger partial charge in [0.2, 0.25) is 0 Å². The summed E-state index contributed by atoms with van der Waals surface area (Å²) >= 11 is 0. The summed E-state index contributed by atoms with van der Waals surface area (Å²) < 4.78 is 6.65. The Kier molecular flexibility index (Phi) is 26.3. The van der Waals surface area contributed by atoms with Crippen LogP contribution in [0.4, 0.5) is 0 Å². The van der Waals surface area contributed by atoms with Crippen LogP contribution < -0.4 is 0 Å². The van der Waals surface area contributed by atoms with Gasteiger partial charge >= 0.3 is 0 Å². The van der Waals surface area contributed by atoms with Crippen molar-refractivity contribution in [3.8, 4) is 0 Å². The molecule has 0 heterocycles. The van der Waals surface area contributed by atoms with E-state index in [1.165, 1.54) is 129 Å². The lowest BCUT2D eigenvalue weighted by Crippen LogP contribution is -2.36. The zero-order valence-corrected chi connectivity index (χ0v) is 34.8. The molecule has 270 valence electrons. The van der Waals surface area contributed by atoms with Crippen LogP contribution in [0.5, 0.6) is 0 Å². The van der Waals surface area contributed by atoms with Gasteiger partial charge in [-0.25, -0.2) is 0 Å². The summed E-state index contributed by atoms with van der Waals surface area (Å²) in [6.07, 6.45) is 19.6. The number of nitrogens with zero attached hydrogens (tertiary/aromatic N) is 6. The van der Waals surface area contributed by atoms with Gasteiger partial charge in [-0.2, -0.15) is 0 Å². The highest BCUT2D eigenvalue weighted by Gasteiger charge is 2.10. The van der Waals surface area contributed by atoms with Crippen LogP contribution >= 0.6 is 0 Å². The molecule has 0 saturated heterocycles. The Morgan fingerprint density at radius 2 is 0.250 bits per heavy atom. The standard InChI is InChI=1S/C14H34N2.C13H32N2.C11H28N2/c1-15(2,3)13-11-9-7-8-10-12-14-16(4,5)6;1-14(2,3)12-10-8-7-9-11-13-15(4,5)6;1-12(2,3)10-8-7-9-11-13(4,5)6/h7-14H2,1-6H3;7-13H2,1-6H3;7-11H2,1-6H3/q3*+2. The number of unbranched alkanes of at least 4 members (excludes halogenated alkanes) is 11. The molecular weight excluding hydrogens is 540 g/mol. The van der Waals surface area contributed by atoms with Crippen LogP contribution in [0.15, 0.2) is 0 Å². The van der Waals surface area contributed by atoms with Crippen LogP contribution in [-0.2, 0) is 0 Å². The second-order valence-electron chi connectivity index (χ2n) is 20.0. The van der Waals surface area contributed by atoms with Crippen LogP contribution in [0.1, 0.15) is 89.9 Å². The molecule has 0 radical (unpaired) electrons. The maximum atomic E-state index is 2.28. The van der Waals surface area contributed by atoms with E-state index >= 15 is 0 Å². The van der Waals surface area contributed by atoms with E-state index in [0.717, 1.165) is 26.9 Å². The molecule has 0 aliphatic rings. The van der Waals surface area contributed by atoms with Crippen molar-refractivity contribution in [1.82, 2.24) is 0 Å². The molecule has 0 fully saturated rings. The van der Waals surface area contributed by atoms with E-state index in [4.69, 9.17) is 0 Å². The van der Waals surface area contributed by atoms with Gasteiger partial charge in [-0.05, 0) is 70.6 Å². The molecular formula is C38H94N6+6. The molecule has 0 aromatic heterocycles. The van der Waals surface area contributed by atoms with Gasteiger partial charge in [0, 0.05) is 0 Å². The van der Waals surface area contributed by atoms with Crippen molar-refractivity contribution in [1.29, 1.82) is 0 Å². The second kappa shape index (κ2) is 24.0. The SMILES string of the molecule is C[N+](C)(C)CCCCCCCC[N+](C)(C)C.C[N+](C)(C)CCCCCCC[N+](C)(C)C.C[N+](C)(C)CCCCC[N+](C)(C)C. The average Bonchev–Trinajstić information content (AvgIpc) is 2.76. The topological polar surface area (TPSA) is 0 Å². The fraction of sp³-hybridized carbons (Fsp3) is 1.00. The van der Waals surface area contributed by atoms with E-state index < -0.39 is 0 Å². The molecule has 0 unspecified atom stereocenters. The molecule has 44 heavy (non-hydrogen) atoms. The number of quaternary nitrogens is 6. The van der Waals surface area contributed by atoms with E-state index in [1.807, 2.05) is 0 Å². The minimum absolute atomic E-state index is 1.10. The smallest absolute Gasteiger partial charge is 0.0780 e. The first-order valence-corrected chi connectivity index (χ1v) is 18.4. The maximum Gasteiger partial charge on any atom is 0.0780 e. The summed E-state index contributed by atoms with van der Waals surface area (Å²) in [5.74, 6) is 0. The van der Waals surface area contributed by atoms with E-state index in [1.54, 1.807) is 0 Å². The molecule has 0 atom stereocenters. The Bertz CT molecular complexity index is 565. The molecule has 6 nitrogen and oxygen atoms in total. The molecule has 6 heteroatoms. The minimum atomic E-state index is 1.10. The van der Waals surface area contributed by atoms with Crippen molar-refractivity contribution in [2.75, 3.05) is 166 Å². The molecule has 0 spiro atoms. The van der Waals surface area contributed by atoms with Crippen molar-refractivity contribution >= 4 is 0 Å². The fourth-order valence-electron chi connectivity index (χ4n) is 4.93. The highest BCUT2D eigenvalue weighted by molar-refractivity contribution is 4.46. The Hall–Kier alpha value is -0.240. The van der Waals surface area contributed by atoms with Gasteiger partial charge in [0.1, 0.15) is 0 Å². The Balaban J connectivity index is -0.000000576. The van der Waals surface area contributed by atoms with E-state index in [-0.39, 0.29) is 0 Å². The molecule has 0 N–H and O–H groups in total. The quantitative estimate of drug-likeness (QED) is 0.0872. The lowest BCUT2D eigenvalue weighted by Gasteiger charge is -2.25. The third-order valence-corrected chi connectivity index (χ3v) is 7.72. The van der Waals surface area contributed by atoms with Crippen LogP contribution in [0.25, 0.3) is 0 Å². The Labute approximate surface area is 282 Å². The third kappa shape index (κ3) is 57.4. The van der Waals surface area contributed by atoms with Crippen molar-refractivity contribution in [3.63, 3.8) is 0 Å². The largest absolute Gasteiger partial charge is 0.331 e. The molecule has 0 aromatic carbocycles. The number of hydrogen-bond acceptors (Lipinski definition) is 0. The normalized spacial score (nSPS) is 13.2. The molecule has 0 aliphatic carbocycles. The first-order chi connectivity index (χ1) is 19.6. The lowest BCUT2D eigenvalue weighted by molar-refractivity contribution is -0.872. The summed E-state index contributed by atoms with van der Waals surface area (Å²) in [7, 11) is 40.9. The van der Waals surface area contributed by atoms with Crippen LogP contribution in [0.3, 0.4) is 0 Å². The molecule has 0 rings (SSSR count). The predicted molar refractivity (Wildman–Crippen MR) is 202 cm³/mol. The Morgan fingerprint density at radius 1 is 0.159 bits per heavy atom. The highest BCUT2D eigenvalue weighted by Crippen LogP contribution is 2.09. The zero-order valence-electron chi connectivity index (χ0n) is 34.8. The summed E-state index contributed by atoms with van der Waals surface area (Å²) in [4.78, 5) is 0. The van der Waals surface area contributed by atoms with Crippen molar-refractivity contribution in [2.24, 2.45) is 0 Å². The van der Waals surface area contributed by atoms with Crippen LogP contribution in [0, 0.1) is 0 Å². The molecule has 0 saturated carbocycles. The number of rotatable bonds is 23. The first kappa shape index (κ1) is 48.2. The first-order valence-electron chi connectivity index (χ1n) is 18.4. The second-order valence-corrected chi connectivity index (χ2v) is 20.0. The lowest BCUT2D eigenvalue weighted by atomic mass is 10.1. The van der Waals surface area contributed by atoms with Gasteiger partial charge < -0.3 is 26.9 Å². The van der Waals surface area contributed by atoms with Gasteiger partial charge in [0.25, 0.3) is 0 Å². The summed E-state index contributed by atoms with van der Waals surface area (Å²) in [6.45, 7) is 7.87. The van der Waals surface area contributed by atoms with Crippen molar-refractivity contribution in [3.05, 3.63) is 0 Å². The van der Waals surface area contributed by atoms with Gasteiger partial charge in [-0.1, -0.05) is 19.3 Å². The average molecular weight is 635 g/mol. The fourth-order valence-corrected chi connectivity index (χ4v) is 4.93. The molecule has 0 amide bonds. The van der Waals surface area contributed by atoms with E-state index in [9.17, 15) is 0 Å². The van der Waals surface area contributed by atoms with Gasteiger partial charge in [0.15, 0.2) is 0 Å². The van der Waals surface area contributed by atoms with E-state index in [0.29, 0.717) is 0 Å². The van der Waals surface area contributed by atoms with Crippen LogP contribution in [-0.4, -0.2) is 193 Å². The maximum absolute atomic E-state index is 2.28. The predicted octanol–water partition coefficient (Wildman–Crippen LogP) is 6.66. The third-order valence-electron chi connectivity index (χ3n) is 7.72. The van der Waals surface area contributed by atoms with Crippen LogP contribution in [0.2, 0.25) is 0 Å². The van der Waals surface area contributed by atoms with E-state index in [2.05, 4.69) is 127 Å². The minimum Gasteiger partial charge on any atom is -0.331 e. The molecule has 0 aromatic rings. The zero-order chi connectivity index (χ0) is 35.1. The van der Waals surface area contributed by atoms with Gasteiger partial charge in [0.05, 0.1) is 166 Å². The summed E-state index contributed by atoms with van der Waals surface area (Å²) in [5.41, 5.74) is 0. The summed E-state index contributed by atoms with van der Waals surface area (Å²) in [6, 6.07) is 0. The summed E-state index contributed by atoms with van der Waals surface area (Å²) in [5, 5.41) is 0. The molecule has 0 bridgehead atoms. The van der Waals surface area contributed by atoms with Gasteiger partial charge in [-0.3, -0.25) is 0 Å².